The van der Waals surface area contributed by atoms with Crippen LogP contribution in [0, 0.1) is 5.92 Å². The van der Waals surface area contributed by atoms with E-state index in [-0.39, 0.29) is 5.54 Å². The average molecular weight is 264 g/mol. The lowest BCUT2D eigenvalue weighted by Gasteiger charge is -2.41. The summed E-state index contributed by atoms with van der Waals surface area (Å²) in [6.07, 6.45) is 7.65. The number of nitrogens with one attached hydrogen (secondary N) is 1. The lowest BCUT2D eigenvalue weighted by molar-refractivity contribution is -0.130. The van der Waals surface area contributed by atoms with Crippen LogP contribution in [-0.2, 0) is 4.79 Å². The monoisotopic (exact) mass is 264 g/mol. The predicted octanol–water partition coefficient (Wildman–Crippen LogP) is 2.72. The van der Waals surface area contributed by atoms with Crippen LogP contribution in [0.3, 0.4) is 0 Å². The minimum Gasteiger partial charge on any atom is -0.330 e. The van der Waals surface area contributed by atoms with Crippen LogP contribution in [0.15, 0.2) is 11.6 Å². The highest BCUT2D eigenvalue weighted by Gasteiger charge is 2.44. The molecule has 0 atom stereocenters. The summed E-state index contributed by atoms with van der Waals surface area (Å²) in [5.74, 6) is 0.865. The molecule has 1 fully saturated rings. The maximum Gasteiger partial charge on any atom is 0.250 e. The molecule has 0 aromatic carbocycles. The molecular formula is C16H28N2O. The van der Waals surface area contributed by atoms with E-state index in [1.54, 1.807) is 0 Å². The third kappa shape index (κ3) is 3.02. The summed E-state index contributed by atoms with van der Waals surface area (Å²) < 4.78 is 0. The third-order valence-electron chi connectivity index (χ3n) is 4.33. The lowest BCUT2D eigenvalue weighted by atomic mass is 9.87. The van der Waals surface area contributed by atoms with Crippen molar-refractivity contribution in [2.24, 2.45) is 5.92 Å². The maximum atomic E-state index is 12.7. The molecule has 0 aromatic heterocycles. The van der Waals surface area contributed by atoms with E-state index < -0.39 is 0 Å². The van der Waals surface area contributed by atoms with Gasteiger partial charge in [-0.25, -0.2) is 0 Å². The van der Waals surface area contributed by atoms with E-state index >= 15 is 0 Å². The van der Waals surface area contributed by atoms with Crippen LogP contribution in [0.5, 0.6) is 0 Å². The summed E-state index contributed by atoms with van der Waals surface area (Å²) >= 11 is 0. The Bertz CT molecular complexity index is 354. The van der Waals surface area contributed by atoms with Gasteiger partial charge in [0.05, 0.1) is 5.54 Å². The van der Waals surface area contributed by atoms with Gasteiger partial charge in [-0.15, -0.1) is 0 Å². The number of hydrogen-bond acceptors (Lipinski definition) is 2. The normalized spacial score (nSPS) is 22.4. The summed E-state index contributed by atoms with van der Waals surface area (Å²) in [7, 11) is 0. The zero-order valence-corrected chi connectivity index (χ0v) is 12.7. The number of unbranched alkanes of at least 4 members (excludes halogenated alkanes) is 1. The number of nitrogens with zero attached hydrogens (tertiary/aromatic N) is 1. The van der Waals surface area contributed by atoms with E-state index in [0.29, 0.717) is 11.8 Å². The lowest BCUT2D eigenvalue weighted by Crippen LogP contribution is -2.52. The minimum absolute atomic E-state index is 0.0295. The van der Waals surface area contributed by atoms with Crippen molar-refractivity contribution in [1.82, 2.24) is 10.2 Å². The van der Waals surface area contributed by atoms with Gasteiger partial charge < -0.3 is 10.2 Å². The molecule has 2 heterocycles. The summed E-state index contributed by atoms with van der Waals surface area (Å²) in [6.45, 7) is 9.56. The van der Waals surface area contributed by atoms with Crippen LogP contribution in [0.1, 0.15) is 52.9 Å². The molecule has 1 saturated heterocycles. The fourth-order valence-corrected chi connectivity index (χ4v) is 3.34. The summed E-state index contributed by atoms with van der Waals surface area (Å²) in [5, 5.41) is 3.42. The first kappa shape index (κ1) is 14.6. The quantitative estimate of drug-likeness (QED) is 0.828. The highest BCUT2D eigenvalue weighted by atomic mass is 16.2. The molecule has 1 N–H and O–H groups in total. The second-order valence-electron chi connectivity index (χ2n) is 6.43. The van der Waals surface area contributed by atoms with Crippen molar-refractivity contribution in [3.63, 3.8) is 0 Å². The molecule has 0 saturated carbocycles. The van der Waals surface area contributed by atoms with Crippen molar-refractivity contribution < 1.29 is 4.79 Å². The zero-order valence-electron chi connectivity index (χ0n) is 12.7. The van der Waals surface area contributed by atoms with Gasteiger partial charge in [0.25, 0.3) is 0 Å². The van der Waals surface area contributed by atoms with E-state index in [0.717, 1.165) is 57.3 Å². The number of hydrogen-bond donors (Lipinski definition) is 1. The predicted molar refractivity (Wildman–Crippen MR) is 79.0 cm³/mol. The minimum atomic E-state index is 0.0295. The molecule has 0 aromatic rings. The van der Waals surface area contributed by atoms with Crippen LogP contribution in [-0.4, -0.2) is 36.0 Å². The maximum absolute atomic E-state index is 12.7. The number of carbonyl (C=O) groups excluding carboxylic acids is 1. The fourth-order valence-electron chi connectivity index (χ4n) is 3.34. The van der Waals surface area contributed by atoms with Crippen LogP contribution in [0.4, 0.5) is 0 Å². The first-order valence-electron chi connectivity index (χ1n) is 7.83. The molecule has 1 spiro atoms. The van der Waals surface area contributed by atoms with Crippen molar-refractivity contribution in [3.05, 3.63) is 11.6 Å². The van der Waals surface area contributed by atoms with Gasteiger partial charge in [-0.1, -0.05) is 33.3 Å². The molecule has 0 radical (unpaired) electrons. The van der Waals surface area contributed by atoms with Crippen molar-refractivity contribution in [3.8, 4) is 0 Å². The zero-order chi connectivity index (χ0) is 13.9. The largest absolute Gasteiger partial charge is 0.330 e. The SMILES string of the molecule is CCCCN1C(=O)C(CC(C)C)=CC12CCNCC2. The van der Waals surface area contributed by atoms with E-state index in [4.69, 9.17) is 0 Å². The Morgan fingerprint density at radius 2 is 2.05 bits per heavy atom. The second-order valence-corrected chi connectivity index (χ2v) is 6.43. The Hall–Kier alpha value is -0.830. The van der Waals surface area contributed by atoms with Gasteiger partial charge in [0, 0.05) is 12.1 Å². The molecule has 2 aliphatic rings. The van der Waals surface area contributed by atoms with E-state index in [9.17, 15) is 4.79 Å². The Balaban J connectivity index is 2.19. The molecule has 2 aliphatic heterocycles. The Labute approximate surface area is 117 Å². The van der Waals surface area contributed by atoms with E-state index in [1.165, 1.54) is 0 Å². The van der Waals surface area contributed by atoms with Gasteiger partial charge in [-0.2, -0.15) is 0 Å². The number of rotatable bonds is 5. The van der Waals surface area contributed by atoms with Crippen LogP contribution >= 0.6 is 0 Å². The highest BCUT2D eigenvalue weighted by Crippen LogP contribution is 2.37. The fraction of sp³-hybridized carbons (Fsp3) is 0.812. The summed E-state index contributed by atoms with van der Waals surface area (Å²) in [5.41, 5.74) is 1.09. The highest BCUT2D eigenvalue weighted by molar-refractivity contribution is 5.97. The molecule has 19 heavy (non-hydrogen) atoms. The Kier molecular flexibility index (Phi) is 4.67. The van der Waals surface area contributed by atoms with Gasteiger partial charge in [-0.3, -0.25) is 4.79 Å². The smallest absolute Gasteiger partial charge is 0.250 e. The van der Waals surface area contributed by atoms with Crippen molar-refractivity contribution in [2.45, 2.75) is 58.4 Å². The van der Waals surface area contributed by atoms with E-state index in [2.05, 4.69) is 37.1 Å². The molecule has 0 unspecified atom stereocenters. The first-order valence-corrected chi connectivity index (χ1v) is 7.83. The van der Waals surface area contributed by atoms with Crippen molar-refractivity contribution in [2.75, 3.05) is 19.6 Å². The molecule has 1 amide bonds. The number of amides is 1. The van der Waals surface area contributed by atoms with Gasteiger partial charge in [0.1, 0.15) is 0 Å². The van der Waals surface area contributed by atoms with Gasteiger partial charge >= 0.3 is 0 Å². The summed E-state index contributed by atoms with van der Waals surface area (Å²) in [6, 6.07) is 0. The van der Waals surface area contributed by atoms with E-state index in [1.807, 2.05) is 0 Å². The Morgan fingerprint density at radius 1 is 1.37 bits per heavy atom. The Morgan fingerprint density at radius 3 is 2.63 bits per heavy atom. The first-order chi connectivity index (χ1) is 9.09. The second kappa shape index (κ2) is 6.08. The molecule has 3 nitrogen and oxygen atoms in total. The molecular weight excluding hydrogens is 236 g/mol. The van der Waals surface area contributed by atoms with Gasteiger partial charge in [0.15, 0.2) is 0 Å². The topological polar surface area (TPSA) is 32.3 Å². The van der Waals surface area contributed by atoms with Crippen LogP contribution in [0.2, 0.25) is 0 Å². The number of piperidine rings is 1. The standard InChI is InChI=1S/C16H28N2O/c1-4-5-10-18-15(19)14(11-13(2)3)12-16(18)6-8-17-9-7-16/h12-13,17H,4-11H2,1-3H3. The number of carbonyl (C=O) groups is 1. The van der Waals surface area contributed by atoms with Crippen molar-refractivity contribution in [1.29, 1.82) is 0 Å². The van der Waals surface area contributed by atoms with Crippen molar-refractivity contribution >= 4 is 5.91 Å². The van der Waals surface area contributed by atoms with Crippen LogP contribution in [0.25, 0.3) is 0 Å². The third-order valence-corrected chi connectivity index (χ3v) is 4.33. The molecule has 108 valence electrons. The molecule has 2 rings (SSSR count). The molecule has 0 bridgehead atoms. The van der Waals surface area contributed by atoms with Gasteiger partial charge in [0.2, 0.25) is 5.91 Å². The molecule has 3 heteroatoms. The van der Waals surface area contributed by atoms with Gasteiger partial charge in [-0.05, 0) is 44.7 Å². The molecule has 0 aliphatic carbocycles. The van der Waals surface area contributed by atoms with Crippen LogP contribution < -0.4 is 5.32 Å². The average Bonchev–Trinajstić information content (AvgIpc) is 2.60. The summed E-state index contributed by atoms with van der Waals surface area (Å²) in [4.78, 5) is 14.8.